The minimum absolute atomic E-state index is 0.187. The fraction of sp³-hybridized carbons (Fsp3) is 0.357. The molecule has 0 radical (unpaired) electrons. The molecule has 1 aromatic carbocycles. The van der Waals surface area contributed by atoms with E-state index >= 15 is 0 Å². The van der Waals surface area contributed by atoms with Gasteiger partial charge in [0.15, 0.2) is 0 Å². The summed E-state index contributed by atoms with van der Waals surface area (Å²) < 4.78 is 9.23. The molecular formula is C14H17Br2N3O. The molecule has 0 bridgehead atoms. The minimum Gasteiger partial charge on any atom is -0.383 e. The highest BCUT2D eigenvalue weighted by Gasteiger charge is 2.12. The predicted octanol–water partition coefficient (Wildman–Crippen LogP) is 4.15. The van der Waals surface area contributed by atoms with Crippen LogP contribution < -0.4 is 5.32 Å². The van der Waals surface area contributed by atoms with Crippen LogP contribution in [0.2, 0.25) is 0 Å². The van der Waals surface area contributed by atoms with E-state index in [1.807, 2.05) is 29.8 Å². The molecule has 20 heavy (non-hydrogen) atoms. The van der Waals surface area contributed by atoms with E-state index in [0.29, 0.717) is 6.61 Å². The van der Waals surface area contributed by atoms with Crippen LogP contribution in [0.4, 0.5) is 5.95 Å². The van der Waals surface area contributed by atoms with Crippen LogP contribution in [0.1, 0.15) is 12.6 Å². The van der Waals surface area contributed by atoms with Crippen molar-refractivity contribution in [2.75, 3.05) is 19.0 Å². The van der Waals surface area contributed by atoms with Crippen LogP contribution in [0.15, 0.2) is 33.3 Å². The van der Waals surface area contributed by atoms with Crippen molar-refractivity contribution in [2.24, 2.45) is 0 Å². The Morgan fingerprint density at radius 2 is 2.15 bits per heavy atom. The zero-order chi connectivity index (χ0) is 14.7. The second-order valence-corrected chi connectivity index (χ2v) is 6.44. The summed E-state index contributed by atoms with van der Waals surface area (Å²) in [7, 11) is 1.70. The lowest BCUT2D eigenvalue weighted by atomic mass is 10.3. The molecule has 0 aliphatic rings. The average Bonchev–Trinajstić information content (AvgIpc) is 2.73. The maximum absolute atomic E-state index is 5.15. The Bertz CT molecular complexity index is 598. The third-order valence-electron chi connectivity index (χ3n) is 2.79. The molecule has 1 heterocycles. The third kappa shape index (κ3) is 3.62. The Balaban J connectivity index is 2.38. The molecule has 2 aromatic rings. The van der Waals surface area contributed by atoms with Gasteiger partial charge in [0.2, 0.25) is 5.95 Å². The number of imidazole rings is 1. The summed E-state index contributed by atoms with van der Waals surface area (Å²) in [5, 5.41) is 3.37. The molecule has 1 unspecified atom stereocenters. The number of rotatable bonds is 5. The van der Waals surface area contributed by atoms with Gasteiger partial charge in [0, 0.05) is 28.3 Å². The van der Waals surface area contributed by atoms with Gasteiger partial charge in [0.25, 0.3) is 0 Å². The van der Waals surface area contributed by atoms with Gasteiger partial charge in [0.1, 0.15) is 0 Å². The van der Waals surface area contributed by atoms with E-state index in [-0.39, 0.29) is 6.04 Å². The number of anilines is 1. The third-order valence-corrected chi connectivity index (χ3v) is 3.95. The summed E-state index contributed by atoms with van der Waals surface area (Å²) >= 11 is 7.09. The number of halogens is 2. The quantitative estimate of drug-likeness (QED) is 0.816. The topological polar surface area (TPSA) is 39.1 Å². The Kier molecular flexibility index (Phi) is 5.23. The van der Waals surface area contributed by atoms with Gasteiger partial charge < -0.3 is 10.1 Å². The number of hydrogen-bond donors (Lipinski definition) is 1. The van der Waals surface area contributed by atoms with Gasteiger partial charge in [-0.1, -0.05) is 15.9 Å². The summed E-state index contributed by atoms with van der Waals surface area (Å²) in [6.45, 7) is 4.67. The van der Waals surface area contributed by atoms with E-state index in [1.54, 1.807) is 7.11 Å². The minimum atomic E-state index is 0.187. The van der Waals surface area contributed by atoms with Gasteiger partial charge in [-0.2, -0.15) is 0 Å². The van der Waals surface area contributed by atoms with Gasteiger partial charge in [-0.05, 0) is 48.0 Å². The van der Waals surface area contributed by atoms with Crippen LogP contribution in [0.5, 0.6) is 0 Å². The number of methoxy groups -OCH3 is 1. The Hall–Kier alpha value is -0.850. The molecule has 0 saturated carbocycles. The molecule has 1 aromatic heterocycles. The first-order valence-electron chi connectivity index (χ1n) is 6.28. The van der Waals surface area contributed by atoms with Gasteiger partial charge in [-0.25, -0.2) is 4.98 Å². The standard InChI is InChI=1S/C14H17Br2N3O/c1-9-7-19(13-6-11(15)4-5-12(13)16)14(17-9)18-10(2)8-20-3/h4-7,10H,8H2,1-3H3,(H,17,18). The van der Waals surface area contributed by atoms with Crippen LogP contribution in [0.3, 0.4) is 0 Å². The Morgan fingerprint density at radius 3 is 2.85 bits per heavy atom. The maximum atomic E-state index is 5.15. The van der Waals surface area contributed by atoms with E-state index in [1.165, 1.54) is 0 Å². The highest BCUT2D eigenvalue weighted by molar-refractivity contribution is 9.11. The summed E-state index contributed by atoms with van der Waals surface area (Å²) in [5.41, 5.74) is 2.00. The maximum Gasteiger partial charge on any atom is 0.208 e. The van der Waals surface area contributed by atoms with Crippen molar-refractivity contribution in [2.45, 2.75) is 19.9 Å². The molecule has 0 aliphatic carbocycles. The molecule has 6 heteroatoms. The molecular weight excluding hydrogens is 386 g/mol. The molecule has 0 saturated heterocycles. The van der Waals surface area contributed by atoms with Crippen LogP contribution in [-0.2, 0) is 4.74 Å². The van der Waals surface area contributed by atoms with Gasteiger partial charge in [-0.3, -0.25) is 4.57 Å². The molecule has 0 aliphatic heterocycles. The lowest BCUT2D eigenvalue weighted by Gasteiger charge is -2.16. The number of nitrogens with zero attached hydrogens (tertiary/aromatic N) is 2. The van der Waals surface area contributed by atoms with E-state index in [0.717, 1.165) is 26.3 Å². The second kappa shape index (κ2) is 6.74. The lowest BCUT2D eigenvalue weighted by Crippen LogP contribution is -2.22. The zero-order valence-electron chi connectivity index (χ0n) is 11.7. The normalized spacial score (nSPS) is 12.4. The fourth-order valence-corrected chi connectivity index (χ4v) is 2.75. The number of hydrogen-bond acceptors (Lipinski definition) is 3. The number of ether oxygens (including phenoxy) is 1. The summed E-state index contributed by atoms with van der Waals surface area (Å²) in [4.78, 5) is 4.54. The first-order valence-corrected chi connectivity index (χ1v) is 7.86. The number of benzene rings is 1. The first-order chi connectivity index (χ1) is 9.51. The van der Waals surface area contributed by atoms with E-state index in [2.05, 4.69) is 55.2 Å². The smallest absolute Gasteiger partial charge is 0.208 e. The van der Waals surface area contributed by atoms with Crippen LogP contribution in [0, 0.1) is 6.92 Å². The van der Waals surface area contributed by atoms with Crippen LogP contribution in [-0.4, -0.2) is 29.3 Å². The molecule has 4 nitrogen and oxygen atoms in total. The molecule has 1 atom stereocenters. The highest BCUT2D eigenvalue weighted by atomic mass is 79.9. The molecule has 2 rings (SSSR count). The van der Waals surface area contributed by atoms with Crippen molar-refractivity contribution >= 4 is 37.8 Å². The summed E-state index contributed by atoms with van der Waals surface area (Å²) in [6, 6.07) is 6.25. The van der Waals surface area contributed by atoms with E-state index in [4.69, 9.17) is 4.74 Å². The monoisotopic (exact) mass is 401 g/mol. The fourth-order valence-electron chi connectivity index (χ4n) is 1.97. The number of nitrogens with one attached hydrogen (secondary N) is 1. The van der Waals surface area contributed by atoms with Crippen molar-refractivity contribution in [3.05, 3.63) is 39.0 Å². The summed E-state index contributed by atoms with van der Waals surface area (Å²) in [6.07, 6.45) is 2.01. The van der Waals surface area contributed by atoms with Crippen molar-refractivity contribution < 1.29 is 4.74 Å². The molecule has 108 valence electrons. The van der Waals surface area contributed by atoms with Crippen molar-refractivity contribution in [1.82, 2.24) is 9.55 Å². The molecule has 1 N–H and O–H groups in total. The molecule has 0 amide bonds. The Labute approximate surface area is 135 Å². The van der Waals surface area contributed by atoms with Gasteiger partial charge in [0.05, 0.1) is 18.0 Å². The lowest BCUT2D eigenvalue weighted by molar-refractivity contribution is 0.190. The van der Waals surface area contributed by atoms with E-state index < -0.39 is 0 Å². The largest absolute Gasteiger partial charge is 0.383 e. The first kappa shape index (κ1) is 15.5. The zero-order valence-corrected chi connectivity index (χ0v) is 14.8. The van der Waals surface area contributed by atoms with Crippen LogP contribution >= 0.6 is 31.9 Å². The van der Waals surface area contributed by atoms with Crippen LogP contribution in [0.25, 0.3) is 5.69 Å². The van der Waals surface area contributed by atoms with Gasteiger partial charge >= 0.3 is 0 Å². The predicted molar refractivity (Wildman–Crippen MR) is 88.7 cm³/mol. The molecule has 0 spiro atoms. The second-order valence-electron chi connectivity index (χ2n) is 4.67. The Morgan fingerprint density at radius 1 is 1.40 bits per heavy atom. The number of aromatic nitrogens is 2. The average molecular weight is 403 g/mol. The van der Waals surface area contributed by atoms with Crippen molar-refractivity contribution in [3.63, 3.8) is 0 Å². The number of aryl methyl sites for hydroxylation is 1. The van der Waals surface area contributed by atoms with E-state index in [9.17, 15) is 0 Å². The SMILES string of the molecule is COCC(C)Nc1nc(C)cn1-c1cc(Br)ccc1Br. The van der Waals surface area contributed by atoms with Crippen molar-refractivity contribution in [1.29, 1.82) is 0 Å². The molecule has 0 fully saturated rings. The highest BCUT2D eigenvalue weighted by Crippen LogP contribution is 2.28. The van der Waals surface area contributed by atoms with Gasteiger partial charge in [-0.15, -0.1) is 0 Å². The van der Waals surface area contributed by atoms with Crippen molar-refractivity contribution in [3.8, 4) is 5.69 Å². The summed E-state index contributed by atoms with van der Waals surface area (Å²) in [5.74, 6) is 0.811.